The second-order valence-electron chi connectivity index (χ2n) is 6.13. The van der Waals surface area contributed by atoms with Crippen molar-refractivity contribution in [3.05, 3.63) is 24.3 Å². The van der Waals surface area contributed by atoms with E-state index in [-0.39, 0.29) is 23.8 Å². The van der Waals surface area contributed by atoms with Crippen molar-refractivity contribution < 1.29 is 14.6 Å². The number of nitrogen functional groups attached to an aromatic ring is 1. The molecule has 4 heterocycles. The first-order chi connectivity index (χ1) is 12.5. The molecule has 1 aliphatic rings. The second-order valence-corrected chi connectivity index (χ2v) is 6.13. The number of ether oxygens (including phenoxy) is 1. The van der Waals surface area contributed by atoms with E-state index in [1.54, 1.807) is 4.57 Å². The van der Waals surface area contributed by atoms with E-state index in [9.17, 15) is 9.90 Å². The zero-order chi connectivity index (χ0) is 18.4. The number of nitrogens with two attached hydrogens (primary N) is 1. The molecule has 0 spiro atoms. The predicted molar refractivity (Wildman–Crippen MR) is 90.5 cm³/mol. The summed E-state index contributed by atoms with van der Waals surface area (Å²) in [5, 5.41) is 16.9. The van der Waals surface area contributed by atoms with Crippen LogP contribution in [-0.2, 0) is 4.74 Å². The van der Waals surface area contributed by atoms with E-state index in [0.29, 0.717) is 23.1 Å². The molecule has 0 saturated carbocycles. The Labute approximate surface area is 147 Å². The topological polar surface area (TPSA) is 146 Å². The highest BCUT2D eigenvalue weighted by atomic mass is 16.5. The molecule has 0 aromatic carbocycles. The Morgan fingerprint density at radius 3 is 2.96 bits per heavy atom. The number of amides is 1. The third-order valence-electron chi connectivity index (χ3n) is 4.26. The number of aliphatic hydroxyl groups excluding tert-OH is 1. The van der Waals surface area contributed by atoms with Gasteiger partial charge in [0.1, 0.15) is 11.6 Å². The van der Waals surface area contributed by atoms with Crippen LogP contribution in [0.5, 0.6) is 0 Å². The monoisotopic (exact) mass is 358 g/mol. The third-order valence-corrected chi connectivity index (χ3v) is 4.26. The normalized spacial score (nSPS) is 22.8. The number of hydrogen-bond donors (Lipinski definition) is 3. The molecule has 136 valence electrons. The standard InChI is InChI=1S/C15H18N8O3/c1-7-3-9(24)14(26-7)22-6-18-10-11(16)20-15(21-12(10)22)23-5-8(4-19-23)13(25)17-2/h4-7,9,14,24H,3H2,1-2H3,(H,17,25)(H2,16,20,21)/t7-,9-,14-/m0/s1. The van der Waals surface area contributed by atoms with E-state index in [1.165, 1.54) is 30.5 Å². The van der Waals surface area contributed by atoms with Gasteiger partial charge in [-0.25, -0.2) is 9.67 Å². The van der Waals surface area contributed by atoms with Crippen LogP contribution in [-0.4, -0.2) is 59.6 Å². The van der Waals surface area contributed by atoms with Gasteiger partial charge in [0.25, 0.3) is 11.9 Å². The first-order valence-corrected chi connectivity index (χ1v) is 8.08. The Hall–Kier alpha value is -3.05. The highest BCUT2D eigenvalue weighted by Gasteiger charge is 2.34. The van der Waals surface area contributed by atoms with E-state index < -0.39 is 12.3 Å². The number of anilines is 1. The Balaban J connectivity index is 1.79. The van der Waals surface area contributed by atoms with E-state index >= 15 is 0 Å². The summed E-state index contributed by atoms with van der Waals surface area (Å²) in [6, 6.07) is 0. The van der Waals surface area contributed by atoms with Gasteiger partial charge in [-0.05, 0) is 6.92 Å². The maximum Gasteiger partial charge on any atom is 0.254 e. The lowest BCUT2D eigenvalue weighted by molar-refractivity contribution is -0.0297. The van der Waals surface area contributed by atoms with Crippen molar-refractivity contribution >= 4 is 22.9 Å². The summed E-state index contributed by atoms with van der Waals surface area (Å²) in [4.78, 5) is 24.6. The molecule has 0 aliphatic carbocycles. The number of aromatic nitrogens is 6. The van der Waals surface area contributed by atoms with Crippen molar-refractivity contribution in [2.45, 2.75) is 31.8 Å². The zero-order valence-electron chi connectivity index (χ0n) is 14.2. The van der Waals surface area contributed by atoms with Crippen LogP contribution >= 0.6 is 0 Å². The number of nitrogens with zero attached hydrogens (tertiary/aromatic N) is 6. The van der Waals surface area contributed by atoms with Crippen LogP contribution in [0.25, 0.3) is 17.1 Å². The molecule has 0 radical (unpaired) electrons. The molecule has 3 aromatic rings. The number of carbonyl (C=O) groups is 1. The number of rotatable bonds is 3. The number of nitrogens with one attached hydrogen (secondary N) is 1. The molecule has 1 aliphatic heterocycles. The van der Waals surface area contributed by atoms with Gasteiger partial charge in [0, 0.05) is 19.7 Å². The van der Waals surface area contributed by atoms with Crippen molar-refractivity contribution in [1.82, 2.24) is 34.6 Å². The molecule has 3 aromatic heterocycles. The Kier molecular flexibility index (Phi) is 3.81. The Morgan fingerprint density at radius 1 is 1.46 bits per heavy atom. The summed E-state index contributed by atoms with van der Waals surface area (Å²) in [6.45, 7) is 1.89. The summed E-state index contributed by atoms with van der Waals surface area (Å²) in [5.41, 5.74) is 7.20. The van der Waals surface area contributed by atoms with Crippen LogP contribution in [0.1, 0.15) is 29.9 Å². The van der Waals surface area contributed by atoms with Gasteiger partial charge in [0.2, 0.25) is 0 Å². The minimum absolute atomic E-state index is 0.0765. The lowest BCUT2D eigenvalue weighted by atomic mass is 10.2. The van der Waals surface area contributed by atoms with E-state index in [2.05, 4.69) is 25.4 Å². The van der Waals surface area contributed by atoms with E-state index in [4.69, 9.17) is 10.5 Å². The molecule has 1 saturated heterocycles. The fraction of sp³-hybridized carbons (Fsp3) is 0.400. The van der Waals surface area contributed by atoms with Crippen LogP contribution in [0.2, 0.25) is 0 Å². The van der Waals surface area contributed by atoms with Gasteiger partial charge >= 0.3 is 0 Å². The molecular weight excluding hydrogens is 340 g/mol. The van der Waals surface area contributed by atoms with Gasteiger partial charge in [-0.1, -0.05) is 0 Å². The summed E-state index contributed by atoms with van der Waals surface area (Å²) < 4.78 is 8.74. The van der Waals surface area contributed by atoms with E-state index in [1.807, 2.05) is 6.92 Å². The largest absolute Gasteiger partial charge is 0.388 e. The molecule has 1 fully saturated rings. The zero-order valence-corrected chi connectivity index (χ0v) is 14.2. The third kappa shape index (κ3) is 2.57. The summed E-state index contributed by atoms with van der Waals surface area (Å²) in [5.74, 6) is 0.0838. The Bertz CT molecular complexity index is 981. The van der Waals surface area contributed by atoms with Crippen molar-refractivity contribution in [3.8, 4) is 5.95 Å². The molecule has 11 nitrogen and oxygen atoms in total. The molecule has 4 N–H and O–H groups in total. The highest BCUT2D eigenvalue weighted by molar-refractivity contribution is 5.93. The van der Waals surface area contributed by atoms with Gasteiger partial charge in [0.05, 0.1) is 24.2 Å². The number of hydrogen-bond acceptors (Lipinski definition) is 8. The van der Waals surface area contributed by atoms with Crippen LogP contribution < -0.4 is 11.1 Å². The van der Waals surface area contributed by atoms with Gasteiger partial charge < -0.3 is 20.9 Å². The Morgan fingerprint density at radius 2 is 2.27 bits per heavy atom. The maximum atomic E-state index is 11.7. The minimum atomic E-state index is -0.674. The van der Waals surface area contributed by atoms with Crippen molar-refractivity contribution in [3.63, 3.8) is 0 Å². The molecule has 26 heavy (non-hydrogen) atoms. The van der Waals surface area contributed by atoms with Crippen LogP contribution in [0, 0.1) is 0 Å². The first-order valence-electron chi connectivity index (χ1n) is 8.08. The number of aliphatic hydroxyl groups is 1. The fourth-order valence-electron chi connectivity index (χ4n) is 3.00. The quantitative estimate of drug-likeness (QED) is 0.574. The average molecular weight is 358 g/mol. The molecular formula is C15H18N8O3. The molecule has 4 rings (SSSR count). The first kappa shape index (κ1) is 16.4. The lowest BCUT2D eigenvalue weighted by Gasteiger charge is -2.16. The number of carbonyl (C=O) groups excluding carboxylic acids is 1. The highest BCUT2D eigenvalue weighted by Crippen LogP contribution is 2.31. The SMILES string of the molecule is CNC(=O)c1cnn(-c2nc(N)c3ncn([C@H]4O[C@@H](C)C[C@@H]4O)c3n2)c1. The minimum Gasteiger partial charge on any atom is -0.388 e. The smallest absolute Gasteiger partial charge is 0.254 e. The molecule has 3 atom stereocenters. The van der Waals surface area contributed by atoms with Crippen molar-refractivity contribution in [1.29, 1.82) is 0 Å². The summed E-state index contributed by atoms with van der Waals surface area (Å²) in [6.07, 6.45) is 3.60. The number of imidazole rings is 1. The molecule has 1 amide bonds. The summed E-state index contributed by atoms with van der Waals surface area (Å²) in [7, 11) is 1.53. The molecule has 0 unspecified atom stereocenters. The van der Waals surface area contributed by atoms with E-state index in [0.717, 1.165) is 0 Å². The second kappa shape index (κ2) is 6.04. The van der Waals surface area contributed by atoms with Crippen LogP contribution in [0.15, 0.2) is 18.7 Å². The predicted octanol–water partition coefficient (Wildman–Crippen LogP) is -0.378. The van der Waals surface area contributed by atoms with Gasteiger partial charge in [-0.2, -0.15) is 15.1 Å². The molecule has 0 bridgehead atoms. The van der Waals surface area contributed by atoms with Gasteiger partial charge in [-0.15, -0.1) is 0 Å². The van der Waals surface area contributed by atoms with Crippen LogP contribution in [0.3, 0.4) is 0 Å². The lowest BCUT2D eigenvalue weighted by Crippen LogP contribution is -2.19. The van der Waals surface area contributed by atoms with Gasteiger partial charge in [-0.3, -0.25) is 9.36 Å². The van der Waals surface area contributed by atoms with Gasteiger partial charge in [0.15, 0.2) is 17.7 Å². The maximum absolute atomic E-state index is 11.7. The molecule has 11 heteroatoms. The average Bonchev–Trinajstić information content (AvgIpc) is 3.32. The summed E-state index contributed by atoms with van der Waals surface area (Å²) >= 11 is 0. The van der Waals surface area contributed by atoms with Crippen molar-refractivity contribution in [2.24, 2.45) is 0 Å². The fourth-order valence-corrected chi connectivity index (χ4v) is 3.00. The number of fused-ring (bicyclic) bond motifs is 1. The van der Waals surface area contributed by atoms with Crippen LogP contribution in [0.4, 0.5) is 5.82 Å². The van der Waals surface area contributed by atoms with Crippen molar-refractivity contribution in [2.75, 3.05) is 12.8 Å².